The van der Waals surface area contributed by atoms with Crippen molar-refractivity contribution in [2.24, 2.45) is 14.1 Å². The maximum atomic E-state index is 11.4. The molecule has 2 amide bonds. The van der Waals surface area contributed by atoms with Crippen LogP contribution >= 0.6 is 0 Å². The number of nitrogens with two attached hydrogens (primary N) is 6. The highest BCUT2D eigenvalue weighted by Gasteiger charge is 2.28. The van der Waals surface area contributed by atoms with Crippen molar-refractivity contribution in [2.45, 2.75) is 52.4 Å². The van der Waals surface area contributed by atoms with E-state index in [-0.39, 0.29) is 52.2 Å². The van der Waals surface area contributed by atoms with E-state index < -0.39 is 0 Å². The molecule has 0 spiro atoms. The second-order valence-corrected chi connectivity index (χ2v) is 14.6. The quantitative estimate of drug-likeness (QED) is 0.143. The van der Waals surface area contributed by atoms with E-state index in [2.05, 4.69) is 35.3 Å². The van der Waals surface area contributed by atoms with Crippen LogP contribution in [0.15, 0.2) is 12.4 Å². The Morgan fingerprint density at radius 2 is 0.944 bits per heavy atom. The Bertz CT molecular complexity index is 1980. The van der Waals surface area contributed by atoms with Crippen molar-refractivity contribution in [3.63, 3.8) is 0 Å². The number of aryl methyl sites for hydroxylation is 2. The molecule has 22 heteroatoms. The van der Waals surface area contributed by atoms with Crippen molar-refractivity contribution < 1.29 is 14.3 Å². The van der Waals surface area contributed by atoms with Gasteiger partial charge in [0, 0.05) is 53.1 Å². The number of methoxy groups -OCH3 is 1. The zero-order valence-corrected chi connectivity index (χ0v) is 33.2. The lowest BCUT2D eigenvalue weighted by molar-refractivity contribution is 0.0821. The van der Waals surface area contributed by atoms with Gasteiger partial charge in [-0.25, -0.2) is 0 Å². The fourth-order valence-electron chi connectivity index (χ4n) is 4.62. The lowest BCUT2D eigenvalue weighted by atomic mass is 9.91. The summed E-state index contributed by atoms with van der Waals surface area (Å²) in [5.41, 5.74) is 38.1. The first kappa shape index (κ1) is 41.8. The van der Waals surface area contributed by atoms with Gasteiger partial charge in [-0.3, -0.25) is 19.0 Å². The van der Waals surface area contributed by atoms with Crippen LogP contribution in [0.5, 0.6) is 6.01 Å². The number of carbonyl (C=O) groups excluding carboxylic acids is 2. The van der Waals surface area contributed by atoms with Crippen molar-refractivity contribution in [2.75, 3.05) is 69.7 Å². The number of amides is 2. The number of hydrogen-bond donors (Lipinski definition) is 6. The Morgan fingerprint density at radius 3 is 1.17 bits per heavy atom. The third-order valence-electron chi connectivity index (χ3n) is 7.73. The second kappa shape index (κ2) is 15.6. The summed E-state index contributed by atoms with van der Waals surface area (Å²) in [6.45, 7) is 11.9. The van der Waals surface area contributed by atoms with Crippen LogP contribution in [0.25, 0.3) is 11.9 Å². The molecule has 294 valence electrons. The van der Waals surface area contributed by atoms with Gasteiger partial charge in [-0.05, 0) is 0 Å². The molecule has 0 saturated carbocycles. The van der Waals surface area contributed by atoms with E-state index in [9.17, 15) is 9.59 Å². The van der Waals surface area contributed by atoms with Crippen LogP contribution in [0.3, 0.4) is 0 Å². The van der Waals surface area contributed by atoms with E-state index in [1.54, 1.807) is 42.3 Å². The number of nitrogen functional groups attached to an aromatic ring is 6. The van der Waals surface area contributed by atoms with E-state index >= 15 is 0 Å². The maximum absolute atomic E-state index is 11.4. The Balaban J connectivity index is 0.000000267. The summed E-state index contributed by atoms with van der Waals surface area (Å²) in [4.78, 5) is 38.6. The molecule has 0 aliphatic heterocycles. The molecule has 0 fully saturated rings. The average Bonchev–Trinajstić information content (AvgIpc) is 3.80. The van der Waals surface area contributed by atoms with Crippen LogP contribution in [-0.2, 0) is 24.9 Å². The van der Waals surface area contributed by atoms with Crippen LogP contribution in [0.1, 0.15) is 73.6 Å². The topological polar surface area (TPSA) is 316 Å². The largest absolute Gasteiger partial charge is 0.467 e. The molecule has 5 heterocycles. The van der Waals surface area contributed by atoms with Crippen LogP contribution in [0.2, 0.25) is 0 Å². The number of carbonyl (C=O) groups is 2. The predicted molar refractivity (Wildman–Crippen MR) is 207 cm³/mol. The van der Waals surface area contributed by atoms with Gasteiger partial charge < -0.3 is 48.9 Å². The van der Waals surface area contributed by atoms with E-state index in [4.69, 9.17) is 39.1 Å². The first-order valence-corrected chi connectivity index (χ1v) is 16.4. The molecule has 54 heavy (non-hydrogen) atoms. The molecule has 0 aromatic carbocycles. The number of anilines is 6. The van der Waals surface area contributed by atoms with Gasteiger partial charge >= 0.3 is 6.01 Å². The lowest BCUT2D eigenvalue weighted by Crippen LogP contribution is -2.22. The lowest BCUT2D eigenvalue weighted by Gasteiger charge is -2.15. The predicted octanol–water partition coefficient (Wildman–Crippen LogP) is 0.584. The molecule has 0 radical (unpaired) electrons. The summed E-state index contributed by atoms with van der Waals surface area (Å²) in [7, 11) is 11.5. The van der Waals surface area contributed by atoms with E-state index in [0.29, 0.717) is 45.5 Å². The van der Waals surface area contributed by atoms with Crippen LogP contribution in [0, 0.1) is 0 Å². The molecule has 0 aliphatic rings. The summed E-state index contributed by atoms with van der Waals surface area (Å²) in [5, 5.41) is 16.8. The highest BCUT2D eigenvalue weighted by molar-refractivity contribution is 5.98. The molecular weight excluding hydrogens is 698 g/mol. The van der Waals surface area contributed by atoms with Gasteiger partial charge in [0.05, 0.1) is 42.3 Å². The third-order valence-corrected chi connectivity index (χ3v) is 7.73. The van der Waals surface area contributed by atoms with Gasteiger partial charge in [0.1, 0.15) is 22.8 Å². The smallest absolute Gasteiger partial charge is 0.322 e. The van der Waals surface area contributed by atoms with Crippen molar-refractivity contribution in [3.8, 4) is 17.9 Å². The molecular formula is C32H53N19O3. The molecule has 5 aromatic heterocycles. The first-order valence-electron chi connectivity index (χ1n) is 16.4. The van der Waals surface area contributed by atoms with Crippen molar-refractivity contribution in [1.29, 1.82) is 0 Å². The highest BCUT2D eigenvalue weighted by Crippen LogP contribution is 2.33. The first-order chi connectivity index (χ1) is 24.8. The SMILES string of the molecule is CN(C)C(=O)c1cnn(C)c1N.CN(C)C(=O)c1cnn(C)c1N.COc1nc(-n2nc(C(C)(C)C)c(N)c2N)nc(-n2nc(C(C)(C)C)c(N)c2N)n1. The number of ether oxygens (including phenoxy) is 1. The fourth-order valence-corrected chi connectivity index (χ4v) is 4.62. The number of nitrogens with zero attached hydrogens (tertiary/aromatic N) is 13. The molecule has 12 N–H and O–H groups in total. The van der Waals surface area contributed by atoms with Crippen molar-refractivity contribution in [1.82, 2.24) is 63.9 Å². The minimum absolute atomic E-state index is 0.0339. The zero-order chi connectivity index (χ0) is 41.2. The fraction of sp³-hybridized carbons (Fsp3) is 0.469. The van der Waals surface area contributed by atoms with Gasteiger partial charge in [-0.2, -0.15) is 44.7 Å². The summed E-state index contributed by atoms with van der Waals surface area (Å²) < 4.78 is 10.9. The minimum atomic E-state index is -0.328. The van der Waals surface area contributed by atoms with Crippen LogP contribution in [-0.4, -0.2) is 111 Å². The number of aromatic nitrogens is 11. The monoisotopic (exact) mass is 751 g/mol. The summed E-state index contributed by atoms with van der Waals surface area (Å²) in [5.74, 6) is 1.19. The molecule has 0 atom stereocenters. The summed E-state index contributed by atoms with van der Waals surface area (Å²) in [6.07, 6.45) is 2.94. The Hall–Kier alpha value is -6.61. The third kappa shape index (κ3) is 8.70. The molecule has 0 unspecified atom stereocenters. The second-order valence-electron chi connectivity index (χ2n) is 14.6. The average molecular weight is 752 g/mol. The molecule has 0 aliphatic carbocycles. The molecule has 22 nitrogen and oxygen atoms in total. The van der Waals surface area contributed by atoms with Crippen molar-refractivity contribution >= 4 is 46.5 Å². The number of hydrogen-bond acceptors (Lipinski definition) is 16. The Labute approximate surface area is 313 Å². The van der Waals surface area contributed by atoms with Gasteiger partial charge in [0.2, 0.25) is 0 Å². The Morgan fingerprint density at radius 1 is 0.611 bits per heavy atom. The van der Waals surface area contributed by atoms with Gasteiger partial charge in [-0.15, -0.1) is 0 Å². The molecule has 0 saturated heterocycles. The van der Waals surface area contributed by atoms with Crippen LogP contribution < -0.4 is 39.1 Å². The summed E-state index contributed by atoms with van der Waals surface area (Å²) >= 11 is 0. The zero-order valence-electron chi connectivity index (χ0n) is 33.2. The normalized spacial score (nSPS) is 11.3. The van der Waals surface area contributed by atoms with E-state index in [0.717, 1.165) is 0 Å². The number of rotatable bonds is 5. The highest BCUT2D eigenvalue weighted by atomic mass is 16.5. The Kier molecular flexibility index (Phi) is 12.0. The standard InChI is InChI=1S/C18H29N11O.2C7H12N4O/c1-17(2,3)10-8(19)12(21)28(26-10)14-23-15(25-16(24-14)30-7)29-13(22)9(20)11(27-29)18(4,5)6;2*1-10(2)7(12)5-4-9-11(3)6(5)8/h19-22H2,1-7H3;2*4H,8H2,1-3H3. The minimum Gasteiger partial charge on any atom is -0.467 e. The maximum Gasteiger partial charge on any atom is 0.322 e. The van der Waals surface area contributed by atoms with Crippen molar-refractivity contribution in [3.05, 3.63) is 34.9 Å². The summed E-state index contributed by atoms with van der Waals surface area (Å²) in [6, 6.07) is 0.0339. The van der Waals surface area contributed by atoms with Gasteiger partial charge in [0.15, 0.2) is 11.6 Å². The van der Waals surface area contributed by atoms with E-state index in [1.165, 1.54) is 48.0 Å². The molecule has 0 bridgehead atoms. The van der Waals surface area contributed by atoms with Gasteiger partial charge in [-0.1, -0.05) is 41.5 Å². The van der Waals surface area contributed by atoms with E-state index in [1.807, 2.05) is 41.5 Å². The molecule has 5 aromatic rings. The molecule has 5 rings (SSSR count). The van der Waals surface area contributed by atoms with Crippen LogP contribution in [0.4, 0.5) is 34.6 Å². The van der Waals surface area contributed by atoms with Gasteiger partial charge in [0.25, 0.3) is 23.7 Å².